The van der Waals surface area contributed by atoms with Crippen LogP contribution in [-0.2, 0) is 0 Å². The van der Waals surface area contributed by atoms with Crippen LogP contribution in [0.2, 0.25) is 0 Å². The highest BCUT2D eigenvalue weighted by molar-refractivity contribution is 5.85. The monoisotopic (exact) mass is 254 g/mol. The molecule has 0 fully saturated rings. The van der Waals surface area contributed by atoms with E-state index in [0.717, 1.165) is 33.8 Å². The Morgan fingerprint density at radius 1 is 0.842 bits per heavy atom. The fraction of sp³-hybridized carbons (Fsp3) is 0.125. The predicted octanol–water partition coefficient (Wildman–Crippen LogP) is 4.12. The van der Waals surface area contributed by atoms with E-state index in [1.54, 1.807) is 14.2 Å². The molecule has 0 bridgehead atoms. The van der Waals surface area contributed by atoms with E-state index in [-0.39, 0.29) is 0 Å². The number of hydrogen-bond donors (Lipinski definition) is 0. The fourth-order valence-electron chi connectivity index (χ4n) is 2.20. The number of fused-ring (bicyclic) bond motifs is 1. The van der Waals surface area contributed by atoms with Crippen LogP contribution in [0, 0.1) is 0 Å². The van der Waals surface area contributed by atoms with E-state index in [1.165, 1.54) is 0 Å². The molecule has 19 heavy (non-hydrogen) atoms. The first-order chi connectivity index (χ1) is 9.33. The van der Waals surface area contributed by atoms with Gasteiger partial charge in [-0.3, -0.25) is 0 Å². The summed E-state index contributed by atoms with van der Waals surface area (Å²) in [7, 11) is 3.28. The van der Waals surface area contributed by atoms with Crippen molar-refractivity contribution in [3.05, 3.63) is 48.5 Å². The van der Waals surface area contributed by atoms with Gasteiger partial charge in [-0.05, 0) is 24.3 Å². The van der Waals surface area contributed by atoms with Crippen molar-refractivity contribution in [1.82, 2.24) is 0 Å². The van der Waals surface area contributed by atoms with Crippen molar-refractivity contribution in [2.24, 2.45) is 0 Å². The standard InChI is InChI=1S/C16H14O3/c1-17-13-8-5-9-14(18-2)16(13)15-10-11-6-3-4-7-12(11)19-15/h3-10H,1-2H3. The molecule has 0 aliphatic carbocycles. The zero-order valence-electron chi connectivity index (χ0n) is 10.8. The lowest BCUT2D eigenvalue weighted by molar-refractivity contribution is 0.395. The third kappa shape index (κ3) is 1.93. The summed E-state index contributed by atoms with van der Waals surface area (Å²) in [5, 5.41) is 1.06. The Hall–Kier alpha value is -2.42. The molecule has 0 unspecified atom stereocenters. The van der Waals surface area contributed by atoms with Crippen LogP contribution in [0.15, 0.2) is 52.9 Å². The molecule has 3 aromatic rings. The number of hydrogen-bond acceptors (Lipinski definition) is 3. The molecule has 0 aliphatic heterocycles. The molecular weight excluding hydrogens is 240 g/mol. The summed E-state index contributed by atoms with van der Waals surface area (Å²) in [5.41, 5.74) is 1.69. The molecule has 1 aromatic heterocycles. The van der Waals surface area contributed by atoms with Crippen molar-refractivity contribution in [2.45, 2.75) is 0 Å². The van der Waals surface area contributed by atoms with Gasteiger partial charge in [0.05, 0.1) is 14.2 Å². The average molecular weight is 254 g/mol. The highest BCUT2D eigenvalue weighted by Crippen LogP contribution is 2.40. The van der Waals surface area contributed by atoms with Gasteiger partial charge in [0, 0.05) is 5.39 Å². The van der Waals surface area contributed by atoms with Gasteiger partial charge in [0.1, 0.15) is 28.4 Å². The molecule has 0 amide bonds. The summed E-state index contributed by atoms with van der Waals surface area (Å²) in [6, 6.07) is 15.6. The third-order valence-electron chi connectivity index (χ3n) is 3.10. The van der Waals surface area contributed by atoms with Crippen LogP contribution in [0.5, 0.6) is 11.5 Å². The van der Waals surface area contributed by atoms with Crippen molar-refractivity contribution in [2.75, 3.05) is 14.2 Å². The summed E-state index contributed by atoms with van der Waals surface area (Å²) < 4.78 is 16.7. The zero-order valence-corrected chi connectivity index (χ0v) is 10.8. The Kier molecular flexibility index (Phi) is 2.88. The van der Waals surface area contributed by atoms with Gasteiger partial charge >= 0.3 is 0 Å². The van der Waals surface area contributed by atoms with Crippen LogP contribution < -0.4 is 9.47 Å². The first-order valence-corrected chi connectivity index (χ1v) is 6.03. The van der Waals surface area contributed by atoms with E-state index in [1.807, 2.05) is 48.5 Å². The SMILES string of the molecule is COc1cccc(OC)c1-c1cc2ccccc2o1. The molecule has 0 N–H and O–H groups in total. The van der Waals surface area contributed by atoms with Crippen LogP contribution in [0.3, 0.4) is 0 Å². The predicted molar refractivity (Wildman–Crippen MR) is 74.8 cm³/mol. The molecule has 96 valence electrons. The van der Waals surface area contributed by atoms with Gasteiger partial charge in [-0.15, -0.1) is 0 Å². The normalized spacial score (nSPS) is 10.6. The van der Waals surface area contributed by atoms with Gasteiger partial charge in [0.25, 0.3) is 0 Å². The van der Waals surface area contributed by atoms with Crippen LogP contribution in [0.1, 0.15) is 0 Å². The molecule has 0 atom stereocenters. The van der Waals surface area contributed by atoms with Crippen LogP contribution in [-0.4, -0.2) is 14.2 Å². The second kappa shape index (κ2) is 4.69. The van der Waals surface area contributed by atoms with Gasteiger partial charge < -0.3 is 13.9 Å². The van der Waals surface area contributed by atoms with Gasteiger partial charge in [-0.25, -0.2) is 0 Å². The molecule has 0 saturated heterocycles. The van der Waals surface area contributed by atoms with Crippen LogP contribution >= 0.6 is 0 Å². The Bertz CT molecular complexity index is 658. The molecule has 1 heterocycles. The van der Waals surface area contributed by atoms with Gasteiger partial charge in [0.2, 0.25) is 0 Å². The minimum atomic E-state index is 0.735. The van der Waals surface area contributed by atoms with Crippen molar-refractivity contribution < 1.29 is 13.9 Å². The second-order valence-corrected chi connectivity index (χ2v) is 4.19. The number of rotatable bonds is 3. The Balaban J connectivity index is 2.25. The highest BCUT2D eigenvalue weighted by Gasteiger charge is 2.16. The van der Waals surface area contributed by atoms with Crippen molar-refractivity contribution >= 4 is 11.0 Å². The lowest BCUT2D eigenvalue weighted by Gasteiger charge is -2.10. The Labute approximate surface area is 111 Å². The summed E-state index contributed by atoms with van der Waals surface area (Å²) >= 11 is 0. The summed E-state index contributed by atoms with van der Waals surface area (Å²) in [4.78, 5) is 0. The van der Waals surface area contributed by atoms with Crippen molar-refractivity contribution in [3.63, 3.8) is 0 Å². The Morgan fingerprint density at radius 2 is 1.53 bits per heavy atom. The minimum absolute atomic E-state index is 0.735. The van der Waals surface area contributed by atoms with E-state index in [2.05, 4.69) is 0 Å². The van der Waals surface area contributed by atoms with Crippen LogP contribution in [0.4, 0.5) is 0 Å². The number of benzene rings is 2. The summed E-state index contributed by atoms with van der Waals surface area (Å²) in [5.74, 6) is 2.22. The Morgan fingerprint density at radius 3 is 2.16 bits per heavy atom. The molecule has 0 radical (unpaired) electrons. The molecular formula is C16H14O3. The number of ether oxygens (including phenoxy) is 2. The smallest absolute Gasteiger partial charge is 0.142 e. The lowest BCUT2D eigenvalue weighted by atomic mass is 10.1. The quantitative estimate of drug-likeness (QED) is 0.704. The summed E-state index contributed by atoms with van der Waals surface area (Å²) in [6.45, 7) is 0. The number of para-hydroxylation sites is 1. The highest BCUT2D eigenvalue weighted by atomic mass is 16.5. The third-order valence-corrected chi connectivity index (χ3v) is 3.10. The molecule has 0 aliphatic rings. The topological polar surface area (TPSA) is 31.6 Å². The maximum Gasteiger partial charge on any atom is 0.142 e. The van der Waals surface area contributed by atoms with Gasteiger partial charge in [0.15, 0.2) is 0 Å². The van der Waals surface area contributed by atoms with Crippen LogP contribution in [0.25, 0.3) is 22.3 Å². The lowest BCUT2D eigenvalue weighted by Crippen LogP contribution is -1.91. The molecule has 0 saturated carbocycles. The average Bonchev–Trinajstić information content (AvgIpc) is 2.89. The first-order valence-electron chi connectivity index (χ1n) is 6.03. The zero-order chi connectivity index (χ0) is 13.2. The second-order valence-electron chi connectivity index (χ2n) is 4.19. The maximum atomic E-state index is 5.88. The molecule has 3 nitrogen and oxygen atoms in total. The fourth-order valence-corrected chi connectivity index (χ4v) is 2.20. The summed E-state index contributed by atoms with van der Waals surface area (Å²) in [6.07, 6.45) is 0. The number of furan rings is 1. The molecule has 0 spiro atoms. The molecule has 2 aromatic carbocycles. The number of methoxy groups -OCH3 is 2. The van der Waals surface area contributed by atoms with Gasteiger partial charge in [-0.1, -0.05) is 24.3 Å². The largest absolute Gasteiger partial charge is 0.496 e. The van der Waals surface area contributed by atoms with E-state index >= 15 is 0 Å². The van der Waals surface area contributed by atoms with Crippen molar-refractivity contribution in [1.29, 1.82) is 0 Å². The van der Waals surface area contributed by atoms with E-state index in [9.17, 15) is 0 Å². The maximum absolute atomic E-state index is 5.88. The minimum Gasteiger partial charge on any atom is -0.496 e. The van der Waals surface area contributed by atoms with E-state index < -0.39 is 0 Å². The first kappa shape index (κ1) is 11.7. The van der Waals surface area contributed by atoms with Gasteiger partial charge in [-0.2, -0.15) is 0 Å². The van der Waals surface area contributed by atoms with E-state index in [0.29, 0.717) is 0 Å². The molecule has 3 rings (SSSR count). The van der Waals surface area contributed by atoms with E-state index in [4.69, 9.17) is 13.9 Å². The van der Waals surface area contributed by atoms with Crippen molar-refractivity contribution in [3.8, 4) is 22.8 Å². The molecule has 3 heteroatoms.